The molecule has 0 heterocycles. The fraction of sp³-hybridized carbons (Fsp3) is 0.133. The van der Waals surface area contributed by atoms with Crippen LogP contribution in [0.2, 0.25) is 5.02 Å². The van der Waals surface area contributed by atoms with Gasteiger partial charge in [-0.3, -0.25) is 0 Å². The van der Waals surface area contributed by atoms with Crippen LogP contribution in [0.25, 0.3) is 0 Å². The van der Waals surface area contributed by atoms with Crippen molar-refractivity contribution in [2.24, 2.45) is 0 Å². The molecule has 0 saturated heterocycles. The van der Waals surface area contributed by atoms with Crippen molar-refractivity contribution >= 4 is 23.3 Å². The lowest BCUT2D eigenvalue weighted by atomic mass is 10.1. The molecule has 2 aromatic rings. The molecule has 0 atom stereocenters. The van der Waals surface area contributed by atoms with E-state index in [1.165, 1.54) is 12.1 Å². The summed E-state index contributed by atoms with van der Waals surface area (Å²) < 4.78 is 0. The van der Waals surface area contributed by atoms with Crippen LogP contribution < -0.4 is 10.6 Å². The quantitative estimate of drug-likeness (QED) is 0.755. The first-order chi connectivity index (χ1) is 9.54. The molecule has 104 valence electrons. The van der Waals surface area contributed by atoms with Gasteiger partial charge >= 0.3 is 6.03 Å². The molecular weight excluding hydrogens is 276 g/mol. The van der Waals surface area contributed by atoms with Gasteiger partial charge in [-0.15, -0.1) is 0 Å². The molecule has 0 saturated carbocycles. The third-order valence-corrected chi connectivity index (χ3v) is 2.98. The van der Waals surface area contributed by atoms with E-state index in [9.17, 15) is 9.90 Å². The van der Waals surface area contributed by atoms with Gasteiger partial charge in [0.1, 0.15) is 5.75 Å². The monoisotopic (exact) mass is 290 g/mol. The number of hydrogen-bond donors (Lipinski definition) is 3. The third kappa shape index (κ3) is 3.90. The van der Waals surface area contributed by atoms with Crippen LogP contribution in [0.3, 0.4) is 0 Å². The van der Waals surface area contributed by atoms with Crippen molar-refractivity contribution in [2.45, 2.75) is 13.5 Å². The topological polar surface area (TPSA) is 61.4 Å². The van der Waals surface area contributed by atoms with E-state index in [4.69, 9.17) is 11.6 Å². The summed E-state index contributed by atoms with van der Waals surface area (Å²) in [6.07, 6.45) is 0. The molecule has 2 aromatic carbocycles. The summed E-state index contributed by atoms with van der Waals surface area (Å²) in [5, 5.41) is 15.3. The van der Waals surface area contributed by atoms with Gasteiger partial charge in [-0.05, 0) is 30.7 Å². The van der Waals surface area contributed by atoms with E-state index < -0.39 is 6.03 Å². The molecule has 0 aliphatic carbocycles. The van der Waals surface area contributed by atoms with Gasteiger partial charge in [-0.25, -0.2) is 4.79 Å². The second-order valence-corrected chi connectivity index (χ2v) is 4.89. The Labute approximate surface area is 122 Å². The second-order valence-electron chi connectivity index (χ2n) is 4.46. The van der Waals surface area contributed by atoms with Crippen molar-refractivity contribution in [3.05, 3.63) is 58.6 Å². The Hall–Kier alpha value is -2.20. The molecule has 4 nitrogen and oxygen atoms in total. The van der Waals surface area contributed by atoms with E-state index in [0.717, 1.165) is 11.1 Å². The van der Waals surface area contributed by atoms with Gasteiger partial charge in [0, 0.05) is 11.6 Å². The van der Waals surface area contributed by atoms with Gasteiger partial charge in [0.05, 0.1) is 5.69 Å². The highest BCUT2D eigenvalue weighted by atomic mass is 35.5. The van der Waals surface area contributed by atoms with Gasteiger partial charge in [-0.1, -0.05) is 41.4 Å². The van der Waals surface area contributed by atoms with Crippen molar-refractivity contribution in [1.29, 1.82) is 0 Å². The number of carbonyl (C=O) groups is 1. The summed E-state index contributed by atoms with van der Waals surface area (Å²) in [6, 6.07) is 11.9. The molecule has 0 aromatic heterocycles. The van der Waals surface area contributed by atoms with Crippen LogP contribution in [0, 0.1) is 6.92 Å². The van der Waals surface area contributed by atoms with Gasteiger partial charge in [0.15, 0.2) is 0 Å². The molecule has 0 unspecified atom stereocenters. The molecule has 20 heavy (non-hydrogen) atoms. The van der Waals surface area contributed by atoms with Crippen molar-refractivity contribution in [3.63, 3.8) is 0 Å². The summed E-state index contributed by atoms with van der Waals surface area (Å²) in [6.45, 7) is 2.41. The molecule has 0 spiro atoms. The average Bonchev–Trinajstić information content (AvgIpc) is 2.41. The average molecular weight is 291 g/mol. The van der Waals surface area contributed by atoms with Crippen LogP contribution in [-0.2, 0) is 6.54 Å². The highest BCUT2D eigenvalue weighted by molar-refractivity contribution is 6.31. The van der Waals surface area contributed by atoms with Crippen molar-refractivity contribution < 1.29 is 9.90 Å². The number of benzene rings is 2. The Morgan fingerprint density at radius 3 is 2.80 bits per heavy atom. The Kier molecular flexibility index (Phi) is 4.48. The predicted octanol–water partition coefficient (Wildman–Crippen LogP) is 3.68. The van der Waals surface area contributed by atoms with E-state index in [0.29, 0.717) is 11.6 Å². The Morgan fingerprint density at radius 1 is 1.25 bits per heavy atom. The van der Waals surface area contributed by atoms with E-state index in [-0.39, 0.29) is 11.4 Å². The molecule has 5 heteroatoms. The normalized spacial score (nSPS) is 10.1. The van der Waals surface area contributed by atoms with Crippen molar-refractivity contribution in [3.8, 4) is 5.75 Å². The lowest BCUT2D eigenvalue weighted by molar-refractivity contribution is 0.251. The maximum absolute atomic E-state index is 11.8. The van der Waals surface area contributed by atoms with Crippen LogP contribution >= 0.6 is 11.6 Å². The largest absolute Gasteiger partial charge is 0.506 e. The van der Waals surface area contributed by atoms with E-state index >= 15 is 0 Å². The second kappa shape index (κ2) is 6.30. The summed E-state index contributed by atoms with van der Waals surface area (Å²) in [5.41, 5.74) is 2.42. The number of urea groups is 1. The third-order valence-electron chi connectivity index (χ3n) is 2.74. The van der Waals surface area contributed by atoms with Gasteiger partial charge < -0.3 is 15.7 Å². The lowest BCUT2D eigenvalue weighted by Gasteiger charge is -2.09. The first-order valence-electron chi connectivity index (χ1n) is 6.13. The number of aromatic hydroxyl groups is 1. The Bertz CT molecular complexity index is 629. The van der Waals surface area contributed by atoms with Gasteiger partial charge in [0.25, 0.3) is 0 Å². The zero-order valence-corrected chi connectivity index (χ0v) is 11.7. The van der Waals surface area contributed by atoms with E-state index in [1.807, 2.05) is 31.2 Å². The molecule has 0 aliphatic rings. The summed E-state index contributed by atoms with van der Waals surface area (Å²) in [4.78, 5) is 11.8. The molecule has 0 aliphatic heterocycles. The fourth-order valence-corrected chi connectivity index (χ4v) is 1.95. The van der Waals surface area contributed by atoms with Crippen LogP contribution in [0.15, 0.2) is 42.5 Å². The predicted molar refractivity (Wildman–Crippen MR) is 80.2 cm³/mol. The molecule has 0 bridgehead atoms. The van der Waals surface area contributed by atoms with Crippen LogP contribution in [0.4, 0.5) is 10.5 Å². The summed E-state index contributed by atoms with van der Waals surface area (Å²) >= 11 is 5.81. The summed E-state index contributed by atoms with van der Waals surface area (Å²) in [7, 11) is 0. The van der Waals surface area contributed by atoms with E-state index in [2.05, 4.69) is 10.6 Å². The molecule has 3 N–H and O–H groups in total. The Morgan fingerprint density at radius 2 is 2.05 bits per heavy atom. The molecule has 2 rings (SSSR count). The zero-order chi connectivity index (χ0) is 14.5. The van der Waals surface area contributed by atoms with E-state index in [1.54, 1.807) is 6.07 Å². The SMILES string of the molecule is Cc1cccc(CNC(=O)Nc2cc(Cl)ccc2O)c1. The maximum atomic E-state index is 11.8. The number of carbonyl (C=O) groups excluding carboxylic acids is 1. The van der Waals surface area contributed by atoms with Gasteiger partial charge in [0.2, 0.25) is 0 Å². The zero-order valence-electron chi connectivity index (χ0n) is 11.0. The molecule has 0 radical (unpaired) electrons. The highest BCUT2D eigenvalue weighted by Gasteiger charge is 2.06. The molecule has 2 amide bonds. The minimum absolute atomic E-state index is 0.0277. The number of aryl methyl sites for hydroxylation is 1. The van der Waals surface area contributed by atoms with Crippen LogP contribution in [0.5, 0.6) is 5.75 Å². The van der Waals surface area contributed by atoms with Crippen molar-refractivity contribution in [1.82, 2.24) is 5.32 Å². The van der Waals surface area contributed by atoms with Crippen LogP contribution in [-0.4, -0.2) is 11.1 Å². The lowest BCUT2D eigenvalue weighted by Crippen LogP contribution is -2.28. The summed E-state index contributed by atoms with van der Waals surface area (Å²) in [5.74, 6) is -0.0277. The van der Waals surface area contributed by atoms with Gasteiger partial charge in [-0.2, -0.15) is 0 Å². The number of rotatable bonds is 3. The number of halogens is 1. The number of anilines is 1. The first kappa shape index (κ1) is 14.2. The number of phenols is 1. The minimum atomic E-state index is -0.399. The van der Waals surface area contributed by atoms with Crippen molar-refractivity contribution in [2.75, 3.05) is 5.32 Å². The first-order valence-corrected chi connectivity index (χ1v) is 6.51. The number of hydrogen-bond acceptors (Lipinski definition) is 2. The Balaban J connectivity index is 1.94. The number of amides is 2. The van der Waals surface area contributed by atoms with Crippen LogP contribution in [0.1, 0.15) is 11.1 Å². The number of phenolic OH excluding ortho intramolecular Hbond substituents is 1. The molecular formula is C15H15ClN2O2. The minimum Gasteiger partial charge on any atom is -0.506 e. The maximum Gasteiger partial charge on any atom is 0.319 e. The number of nitrogens with one attached hydrogen (secondary N) is 2. The highest BCUT2D eigenvalue weighted by Crippen LogP contribution is 2.26. The molecule has 0 fully saturated rings. The standard InChI is InChI=1S/C15H15ClN2O2/c1-10-3-2-4-11(7-10)9-17-15(20)18-13-8-12(16)5-6-14(13)19/h2-8,19H,9H2,1H3,(H2,17,18,20). The fourth-order valence-electron chi connectivity index (χ4n) is 1.78. The smallest absolute Gasteiger partial charge is 0.319 e.